The number of hydrogen-bond donors (Lipinski definition) is 3. The van der Waals surface area contributed by atoms with Crippen molar-refractivity contribution >= 4 is 17.5 Å². The summed E-state index contributed by atoms with van der Waals surface area (Å²) in [5.41, 5.74) is 1.47. The number of aliphatic hydroxyl groups excluding tert-OH is 1. The largest absolute Gasteiger partial charge is 0.392 e. The molecule has 5 nitrogen and oxygen atoms in total. The first-order valence-electron chi connectivity index (χ1n) is 5.36. The average molecular weight is 236 g/mol. The van der Waals surface area contributed by atoms with Gasteiger partial charge in [0.05, 0.1) is 6.61 Å². The zero-order valence-corrected chi connectivity index (χ0v) is 9.69. The molecule has 0 aliphatic heterocycles. The van der Waals surface area contributed by atoms with Crippen molar-refractivity contribution in [1.29, 1.82) is 0 Å². The van der Waals surface area contributed by atoms with E-state index in [4.69, 9.17) is 5.11 Å². The Balaban J connectivity index is 2.37. The maximum Gasteiger partial charge on any atom is 0.226 e. The van der Waals surface area contributed by atoms with Gasteiger partial charge >= 0.3 is 0 Å². The van der Waals surface area contributed by atoms with Crippen LogP contribution in [0, 0.1) is 0 Å². The lowest BCUT2D eigenvalue weighted by Gasteiger charge is -2.06. The number of benzene rings is 1. The van der Waals surface area contributed by atoms with Gasteiger partial charge in [-0.25, -0.2) is 0 Å². The van der Waals surface area contributed by atoms with Crippen LogP contribution in [0.15, 0.2) is 24.3 Å². The maximum absolute atomic E-state index is 11.4. The molecule has 0 radical (unpaired) electrons. The minimum Gasteiger partial charge on any atom is -0.392 e. The molecule has 0 aromatic heterocycles. The van der Waals surface area contributed by atoms with Gasteiger partial charge in [-0.3, -0.25) is 9.59 Å². The van der Waals surface area contributed by atoms with Gasteiger partial charge in [0.15, 0.2) is 0 Å². The van der Waals surface area contributed by atoms with E-state index in [-0.39, 0.29) is 24.8 Å². The van der Waals surface area contributed by atoms with Crippen LogP contribution in [0.2, 0.25) is 0 Å². The van der Waals surface area contributed by atoms with Crippen molar-refractivity contribution in [2.75, 3.05) is 11.9 Å². The Morgan fingerprint density at radius 2 is 1.88 bits per heavy atom. The molecule has 0 fully saturated rings. The maximum atomic E-state index is 11.4. The number of aliphatic hydroxyl groups is 1. The summed E-state index contributed by atoms with van der Waals surface area (Å²) in [6.07, 6.45) is 0.237. The Labute approximate surface area is 99.8 Å². The zero-order valence-electron chi connectivity index (χ0n) is 9.69. The highest BCUT2D eigenvalue weighted by atomic mass is 16.3. The molecule has 0 unspecified atom stereocenters. The van der Waals surface area contributed by atoms with Crippen LogP contribution in [0.3, 0.4) is 0 Å². The molecule has 1 aromatic rings. The highest BCUT2D eigenvalue weighted by Gasteiger charge is 2.02. The van der Waals surface area contributed by atoms with Crippen molar-refractivity contribution in [3.8, 4) is 0 Å². The molecule has 0 spiro atoms. The minimum absolute atomic E-state index is 0.0171. The molecule has 0 aliphatic rings. The fourth-order valence-corrected chi connectivity index (χ4v) is 1.27. The van der Waals surface area contributed by atoms with Gasteiger partial charge in [-0.1, -0.05) is 12.1 Å². The molecule has 0 bridgehead atoms. The van der Waals surface area contributed by atoms with Crippen molar-refractivity contribution in [3.05, 3.63) is 29.8 Å². The highest BCUT2D eigenvalue weighted by molar-refractivity contribution is 5.91. The normalized spacial score (nSPS) is 9.76. The molecule has 5 heteroatoms. The Kier molecular flexibility index (Phi) is 5.16. The lowest BCUT2D eigenvalue weighted by Crippen LogP contribution is -2.25. The van der Waals surface area contributed by atoms with E-state index in [0.29, 0.717) is 12.2 Å². The second-order valence-electron chi connectivity index (χ2n) is 3.64. The third-order valence-electron chi connectivity index (χ3n) is 2.15. The van der Waals surface area contributed by atoms with Crippen LogP contribution >= 0.6 is 0 Å². The van der Waals surface area contributed by atoms with E-state index in [0.717, 1.165) is 5.56 Å². The van der Waals surface area contributed by atoms with Crippen LogP contribution in [0.25, 0.3) is 0 Å². The molecule has 1 rings (SSSR count). The summed E-state index contributed by atoms with van der Waals surface area (Å²) >= 11 is 0. The third kappa shape index (κ3) is 5.12. The molecule has 1 aromatic carbocycles. The second kappa shape index (κ2) is 6.65. The van der Waals surface area contributed by atoms with Gasteiger partial charge in [-0.2, -0.15) is 0 Å². The van der Waals surface area contributed by atoms with E-state index in [2.05, 4.69) is 10.6 Å². The van der Waals surface area contributed by atoms with Crippen molar-refractivity contribution in [1.82, 2.24) is 5.32 Å². The topological polar surface area (TPSA) is 78.4 Å². The summed E-state index contributed by atoms with van der Waals surface area (Å²) < 4.78 is 0. The van der Waals surface area contributed by atoms with Crippen LogP contribution < -0.4 is 10.6 Å². The molecule has 0 heterocycles. The zero-order chi connectivity index (χ0) is 12.7. The molecule has 0 aliphatic carbocycles. The molecule has 0 atom stereocenters. The van der Waals surface area contributed by atoms with E-state index < -0.39 is 0 Å². The number of rotatable bonds is 5. The number of carbonyl (C=O) groups is 2. The van der Waals surface area contributed by atoms with Gasteiger partial charge in [0, 0.05) is 25.6 Å². The molecule has 0 saturated carbocycles. The van der Waals surface area contributed by atoms with Gasteiger partial charge in [-0.05, 0) is 17.7 Å². The fraction of sp³-hybridized carbons (Fsp3) is 0.333. The van der Waals surface area contributed by atoms with E-state index in [9.17, 15) is 9.59 Å². The first kappa shape index (κ1) is 13.2. The fourth-order valence-electron chi connectivity index (χ4n) is 1.27. The summed E-state index contributed by atoms with van der Waals surface area (Å²) in [4.78, 5) is 22.0. The SMILES string of the molecule is CC(=O)NCCC(=O)Nc1ccc(CO)cc1. The number of amides is 2. The minimum atomic E-state index is -0.157. The van der Waals surface area contributed by atoms with E-state index >= 15 is 0 Å². The van der Waals surface area contributed by atoms with Gasteiger partial charge in [0.1, 0.15) is 0 Å². The van der Waals surface area contributed by atoms with Crippen molar-refractivity contribution < 1.29 is 14.7 Å². The standard InChI is InChI=1S/C12H16N2O3/c1-9(16)13-7-6-12(17)14-11-4-2-10(8-15)3-5-11/h2-5,15H,6-8H2,1H3,(H,13,16)(H,14,17). The average Bonchev–Trinajstić information content (AvgIpc) is 2.29. The van der Waals surface area contributed by atoms with Crippen LogP contribution in [-0.4, -0.2) is 23.5 Å². The van der Waals surface area contributed by atoms with Crippen LogP contribution in [0.1, 0.15) is 18.9 Å². The van der Waals surface area contributed by atoms with Crippen LogP contribution in [-0.2, 0) is 16.2 Å². The summed E-state index contributed by atoms with van der Waals surface area (Å²) in [5.74, 6) is -0.305. The Hall–Kier alpha value is -1.88. The van der Waals surface area contributed by atoms with E-state index in [1.807, 2.05) is 0 Å². The summed E-state index contributed by atoms with van der Waals surface area (Å²) in [5, 5.41) is 14.1. The van der Waals surface area contributed by atoms with Crippen molar-refractivity contribution in [2.24, 2.45) is 0 Å². The highest BCUT2D eigenvalue weighted by Crippen LogP contribution is 2.09. The first-order chi connectivity index (χ1) is 8.11. The van der Waals surface area contributed by atoms with Crippen LogP contribution in [0.4, 0.5) is 5.69 Å². The van der Waals surface area contributed by atoms with Crippen molar-refractivity contribution in [3.63, 3.8) is 0 Å². The third-order valence-corrected chi connectivity index (χ3v) is 2.15. The first-order valence-corrected chi connectivity index (χ1v) is 5.36. The lowest BCUT2D eigenvalue weighted by atomic mass is 10.2. The molecule has 92 valence electrons. The Morgan fingerprint density at radius 1 is 1.24 bits per heavy atom. The van der Waals surface area contributed by atoms with Gasteiger partial charge in [0.25, 0.3) is 0 Å². The quantitative estimate of drug-likeness (QED) is 0.702. The summed E-state index contributed by atoms with van der Waals surface area (Å²) in [6, 6.07) is 6.93. The molecule has 3 N–H and O–H groups in total. The molecule has 0 saturated heterocycles. The van der Waals surface area contributed by atoms with E-state index in [1.165, 1.54) is 6.92 Å². The molecular formula is C12H16N2O3. The summed E-state index contributed by atoms with van der Waals surface area (Å²) in [7, 11) is 0. The lowest BCUT2D eigenvalue weighted by molar-refractivity contribution is -0.119. The van der Waals surface area contributed by atoms with E-state index in [1.54, 1.807) is 24.3 Å². The Bertz CT molecular complexity index is 387. The number of anilines is 1. The smallest absolute Gasteiger partial charge is 0.226 e. The van der Waals surface area contributed by atoms with Crippen molar-refractivity contribution in [2.45, 2.75) is 20.0 Å². The number of carbonyl (C=O) groups excluding carboxylic acids is 2. The molecule has 17 heavy (non-hydrogen) atoms. The van der Waals surface area contributed by atoms with Crippen LogP contribution in [0.5, 0.6) is 0 Å². The number of hydrogen-bond acceptors (Lipinski definition) is 3. The van der Waals surface area contributed by atoms with Gasteiger partial charge < -0.3 is 15.7 Å². The molecular weight excluding hydrogens is 220 g/mol. The summed E-state index contributed by atoms with van der Waals surface area (Å²) in [6.45, 7) is 1.72. The predicted molar refractivity (Wildman–Crippen MR) is 64.3 cm³/mol. The van der Waals surface area contributed by atoms with Gasteiger partial charge in [0.2, 0.25) is 11.8 Å². The molecule has 2 amide bonds. The second-order valence-corrected chi connectivity index (χ2v) is 3.64. The van der Waals surface area contributed by atoms with Gasteiger partial charge in [-0.15, -0.1) is 0 Å². The monoisotopic (exact) mass is 236 g/mol. The number of nitrogens with one attached hydrogen (secondary N) is 2. The predicted octanol–water partition coefficient (Wildman–Crippen LogP) is 0.644. The Morgan fingerprint density at radius 3 is 2.41 bits per heavy atom.